The van der Waals surface area contributed by atoms with Crippen molar-refractivity contribution in [2.45, 2.75) is 71.5 Å². The highest BCUT2D eigenvalue weighted by Gasteiger charge is 2.38. The van der Waals surface area contributed by atoms with Crippen molar-refractivity contribution in [1.82, 2.24) is 25.0 Å². The van der Waals surface area contributed by atoms with E-state index in [4.69, 9.17) is 0 Å². The van der Waals surface area contributed by atoms with Gasteiger partial charge in [0, 0.05) is 12.7 Å². The second-order valence-electron chi connectivity index (χ2n) is 9.11. The molecule has 1 aromatic carbocycles. The molecule has 0 bridgehead atoms. The standard InChI is InChI=1S/C26H33N5O2S/c1-5-7-23(31-15-17(2)14-28-31)26(33)30-13-6-8-22(30)25(32)29-18(3)20-9-11-21(12-10-20)24-19(4)27-16-34-24/h9-12,14-16,18,22-23H,5-8,13H2,1-4H3,(H,29,32)/t18-,22-,23-/m0/s1. The molecule has 3 atom stereocenters. The van der Waals surface area contributed by atoms with Gasteiger partial charge in [-0.05, 0) is 56.7 Å². The van der Waals surface area contributed by atoms with E-state index in [1.54, 1.807) is 27.1 Å². The van der Waals surface area contributed by atoms with Crippen molar-refractivity contribution in [2.24, 2.45) is 0 Å². The van der Waals surface area contributed by atoms with Crippen molar-refractivity contribution < 1.29 is 9.59 Å². The Morgan fingerprint density at radius 1 is 1.24 bits per heavy atom. The molecular formula is C26H33N5O2S. The van der Waals surface area contributed by atoms with Crippen LogP contribution in [0.4, 0.5) is 0 Å². The van der Waals surface area contributed by atoms with Gasteiger partial charge in [0.05, 0.1) is 28.3 Å². The summed E-state index contributed by atoms with van der Waals surface area (Å²) >= 11 is 1.63. The Morgan fingerprint density at radius 3 is 2.62 bits per heavy atom. The SMILES string of the molecule is CCC[C@@H](C(=O)N1CCC[C@H]1C(=O)N[C@@H](C)c1ccc(-c2scnc2C)cc1)n1cc(C)cn1. The maximum absolute atomic E-state index is 13.5. The maximum Gasteiger partial charge on any atom is 0.248 e. The van der Waals surface area contributed by atoms with Gasteiger partial charge in [-0.15, -0.1) is 11.3 Å². The highest BCUT2D eigenvalue weighted by Crippen LogP contribution is 2.29. The second-order valence-corrected chi connectivity index (χ2v) is 9.97. The van der Waals surface area contributed by atoms with Crippen LogP contribution in [0.1, 0.15) is 68.4 Å². The number of hydrogen-bond donors (Lipinski definition) is 1. The van der Waals surface area contributed by atoms with Crippen LogP contribution in [0.3, 0.4) is 0 Å². The molecule has 0 radical (unpaired) electrons. The second kappa shape index (κ2) is 10.5. The third-order valence-electron chi connectivity index (χ3n) is 6.51. The largest absolute Gasteiger partial charge is 0.348 e. The molecule has 4 rings (SSSR count). The Labute approximate surface area is 205 Å². The number of amides is 2. The van der Waals surface area contributed by atoms with Crippen LogP contribution < -0.4 is 5.32 Å². The first kappa shape index (κ1) is 24.1. The van der Waals surface area contributed by atoms with Crippen molar-refractivity contribution in [1.29, 1.82) is 0 Å². The van der Waals surface area contributed by atoms with Crippen molar-refractivity contribution in [3.63, 3.8) is 0 Å². The van der Waals surface area contributed by atoms with Crippen LogP contribution in [0.15, 0.2) is 42.2 Å². The molecule has 1 fully saturated rings. The van der Waals surface area contributed by atoms with E-state index in [1.807, 2.05) is 44.6 Å². The maximum atomic E-state index is 13.5. The summed E-state index contributed by atoms with van der Waals surface area (Å²) in [6, 6.07) is 7.29. The molecule has 0 saturated carbocycles. The fraction of sp³-hybridized carbons (Fsp3) is 0.462. The van der Waals surface area contributed by atoms with Crippen LogP contribution >= 0.6 is 11.3 Å². The summed E-state index contributed by atoms with van der Waals surface area (Å²) in [5.74, 6) is -0.104. The summed E-state index contributed by atoms with van der Waals surface area (Å²) in [6.07, 6.45) is 6.76. The lowest BCUT2D eigenvalue weighted by molar-refractivity contribution is -0.141. The summed E-state index contributed by atoms with van der Waals surface area (Å²) in [5, 5.41) is 7.52. The average Bonchev–Trinajstić information content (AvgIpc) is 3.58. The van der Waals surface area contributed by atoms with Gasteiger partial charge >= 0.3 is 0 Å². The molecule has 1 saturated heterocycles. The number of nitrogens with one attached hydrogen (secondary N) is 1. The van der Waals surface area contributed by atoms with Crippen molar-refractivity contribution >= 4 is 23.2 Å². The highest BCUT2D eigenvalue weighted by atomic mass is 32.1. The number of aromatic nitrogens is 3. The fourth-order valence-electron chi connectivity index (χ4n) is 4.64. The summed E-state index contributed by atoms with van der Waals surface area (Å²) in [6.45, 7) is 8.63. The van der Waals surface area contributed by atoms with Crippen LogP contribution in [0.25, 0.3) is 10.4 Å². The number of hydrogen-bond acceptors (Lipinski definition) is 5. The van der Waals surface area contributed by atoms with Gasteiger partial charge in [-0.3, -0.25) is 14.3 Å². The molecule has 3 heterocycles. The van der Waals surface area contributed by atoms with E-state index in [2.05, 4.69) is 34.5 Å². The van der Waals surface area contributed by atoms with Crippen LogP contribution in [0, 0.1) is 13.8 Å². The predicted molar refractivity (Wildman–Crippen MR) is 134 cm³/mol. The van der Waals surface area contributed by atoms with E-state index in [9.17, 15) is 9.59 Å². The van der Waals surface area contributed by atoms with Crippen LogP contribution in [0.5, 0.6) is 0 Å². The quantitative estimate of drug-likeness (QED) is 0.502. The minimum Gasteiger partial charge on any atom is -0.348 e. The number of aryl methyl sites for hydroxylation is 2. The highest BCUT2D eigenvalue weighted by molar-refractivity contribution is 7.13. The van der Waals surface area contributed by atoms with Crippen LogP contribution in [-0.2, 0) is 9.59 Å². The minimum absolute atomic E-state index is 0.0143. The van der Waals surface area contributed by atoms with E-state index in [0.29, 0.717) is 19.4 Å². The lowest BCUT2D eigenvalue weighted by Gasteiger charge is -2.29. The number of carbonyl (C=O) groups is 2. The third-order valence-corrected chi connectivity index (χ3v) is 7.49. The van der Waals surface area contributed by atoms with Gasteiger partial charge in [-0.1, -0.05) is 37.6 Å². The molecule has 7 nitrogen and oxygen atoms in total. The van der Waals surface area contributed by atoms with E-state index in [-0.39, 0.29) is 23.9 Å². The molecule has 0 aliphatic carbocycles. The van der Waals surface area contributed by atoms with E-state index in [1.165, 1.54) is 0 Å². The zero-order valence-corrected chi connectivity index (χ0v) is 21.1. The zero-order chi connectivity index (χ0) is 24.2. The number of thiazole rings is 1. The Kier molecular flexibility index (Phi) is 7.46. The molecule has 1 aliphatic heterocycles. The lowest BCUT2D eigenvalue weighted by atomic mass is 10.0. The number of rotatable bonds is 8. The molecule has 8 heteroatoms. The molecule has 2 aromatic heterocycles. The molecule has 2 amide bonds. The summed E-state index contributed by atoms with van der Waals surface area (Å²) in [7, 11) is 0. The lowest BCUT2D eigenvalue weighted by Crippen LogP contribution is -2.48. The zero-order valence-electron chi connectivity index (χ0n) is 20.3. The first-order valence-corrected chi connectivity index (χ1v) is 12.9. The first-order chi connectivity index (χ1) is 16.4. The summed E-state index contributed by atoms with van der Waals surface area (Å²) in [5.41, 5.74) is 6.07. The van der Waals surface area contributed by atoms with Crippen molar-refractivity contribution in [2.75, 3.05) is 6.54 Å². The van der Waals surface area contributed by atoms with Gasteiger partial charge in [0.25, 0.3) is 0 Å². The molecule has 0 spiro atoms. The molecule has 34 heavy (non-hydrogen) atoms. The van der Waals surface area contributed by atoms with Gasteiger partial charge in [0.15, 0.2) is 0 Å². The topological polar surface area (TPSA) is 80.1 Å². The van der Waals surface area contributed by atoms with Crippen molar-refractivity contribution in [3.8, 4) is 10.4 Å². The third kappa shape index (κ3) is 5.06. The molecule has 180 valence electrons. The average molecular weight is 480 g/mol. The number of carbonyl (C=O) groups excluding carboxylic acids is 2. The first-order valence-electron chi connectivity index (χ1n) is 12.0. The van der Waals surface area contributed by atoms with Crippen molar-refractivity contribution in [3.05, 3.63) is 59.0 Å². The number of benzene rings is 1. The van der Waals surface area contributed by atoms with E-state index in [0.717, 1.165) is 40.1 Å². The summed E-state index contributed by atoms with van der Waals surface area (Å²) in [4.78, 5) is 34.0. The summed E-state index contributed by atoms with van der Waals surface area (Å²) < 4.78 is 1.75. The van der Waals surface area contributed by atoms with Crippen LogP contribution in [-0.4, -0.2) is 44.1 Å². The fourth-order valence-corrected chi connectivity index (χ4v) is 5.45. The minimum atomic E-state index is -0.440. The van der Waals surface area contributed by atoms with E-state index < -0.39 is 6.04 Å². The molecule has 1 N–H and O–H groups in total. The van der Waals surface area contributed by atoms with Gasteiger partial charge < -0.3 is 10.2 Å². The van der Waals surface area contributed by atoms with Gasteiger partial charge in [0.1, 0.15) is 12.1 Å². The normalized spacial score (nSPS) is 17.5. The Morgan fingerprint density at radius 2 is 2.00 bits per heavy atom. The Bertz CT molecular complexity index is 1140. The molecular weight excluding hydrogens is 446 g/mol. The Balaban J connectivity index is 1.43. The number of likely N-dealkylation sites (tertiary alicyclic amines) is 1. The van der Waals surface area contributed by atoms with Gasteiger partial charge in [-0.25, -0.2) is 4.98 Å². The Hall–Kier alpha value is -3.00. The van der Waals surface area contributed by atoms with E-state index >= 15 is 0 Å². The molecule has 1 aliphatic rings. The smallest absolute Gasteiger partial charge is 0.248 e. The molecule has 3 aromatic rings. The monoisotopic (exact) mass is 479 g/mol. The molecule has 0 unspecified atom stereocenters. The van der Waals surface area contributed by atoms with Crippen LogP contribution in [0.2, 0.25) is 0 Å². The van der Waals surface area contributed by atoms with Gasteiger partial charge in [-0.2, -0.15) is 5.10 Å². The predicted octanol–water partition coefficient (Wildman–Crippen LogP) is 4.83. The number of nitrogens with zero attached hydrogens (tertiary/aromatic N) is 4. The van der Waals surface area contributed by atoms with Gasteiger partial charge in [0.2, 0.25) is 11.8 Å².